The number of benzene rings is 1. The van der Waals surface area contributed by atoms with E-state index >= 15 is 0 Å². The Kier molecular flexibility index (Phi) is 9.76. The maximum atomic E-state index is 14.2. The number of aliphatic hydroxyl groups excluding tert-OH is 1. The molecule has 0 aliphatic carbocycles. The lowest BCUT2D eigenvalue weighted by Gasteiger charge is -2.25. The van der Waals surface area contributed by atoms with Crippen LogP contribution in [0.3, 0.4) is 0 Å². The van der Waals surface area contributed by atoms with Crippen LogP contribution in [0.4, 0.5) is 10.3 Å². The molecular weight excluding hydrogens is 562 g/mol. The molecule has 1 saturated heterocycles. The summed E-state index contributed by atoms with van der Waals surface area (Å²) in [4.78, 5) is 24.9. The number of hydrogen-bond acceptors (Lipinski definition) is 12. The van der Waals surface area contributed by atoms with Crippen molar-refractivity contribution >= 4 is 30.8 Å². The fraction of sp³-hybridized carbons (Fsp3) is 0.520. The first kappa shape index (κ1) is 30.6. The lowest BCUT2D eigenvalue weighted by atomic mass is 10.00. The number of carbonyl (C=O) groups excluding carboxylic acids is 1. The van der Waals surface area contributed by atoms with Gasteiger partial charge in [0.05, 0.1) is 38.4 Å². The number of esters is 1. The van der Waals surface area contributed by atoms with E-state index < -0.39 is 63.5 Å². The van der Waals surface area contributed by atoms with Gasteiger partial charge >= 0.3 is 13.7 Å². The second-order valence-corrected chi connectivity index (χ2v) is 11.2. The molecule has 41 heavy (non-hydrogen) atoms. The van der Waals surface area contributed by atoms with Crippen molar-refractivity contribution in [1.82, 2.24) is 24.6 Å². The molecular formula is C25H34FN6O8P. The Bertz CT molecular complexity index is 1380. The van der Waals surface area contributed by atoms with Gasteiger partial charge in [0.1, 0.15) is 17.9 Å². The first-order valence-electron chi connectivity index (χ1n) is 13.0. The molecule has 0 saturated carbocycles. The van der Waals surface area contributed by atoms with E-state index in [1.165, 1.54) is 17.8 Å². The molecule has 6 unspecified atom stereocenters. The topological polar surface area (TPSA) is 182 Å². The van der Waals surface area contributed by atoms with Crippen LogP contribution in [0.25, 0.3) is 11.2 Å². The molecule has 16 heteroatoms. The Labute approximate surface area is 235 Å². The summed E-state index contributed by atoms with van der Waals surface area (Å²) in [5, 5.41) is 13.6. The van der Waals surface area contributed by atoms with Crippen LogP contribution in [0.5, 0.6) is 11.6 Å². The fourth-order valence-corrected chi connectivity index (χ4v) is 5.71. The number of nitrogen functional groups attached to an aromatic ring is 1. The molecule has 4 N–H and O–H groups in total. The normalized spacial score (nSPS) is 22.9. The van der Waals surface area contributed by atoms with Crippen LogP contribution < -0.4 is 20.1 Å². The Morgan fingerprint density at radius 3 is 2.66 bits per heavy atom. The number of fused-ring (bicyclic) bond motifs is 1. The monoisotopic (exact) mass is 596 g/mol. The molecule has 224 valence electrons. The van der Waals surface area contributed by atoms with Gasteiger partial charge in [0.25, 0.3) is 0 Å². The molecule has 0 bridgehead atoms. The van der Waals surface area contributed by atoms with Crippen LogP contribution in [0.1, 0.15) is 33.9 Å². The molecule has 1 fully saturated rings. The largest absolute Gasteiger partial charge is 0.476 e. The highest BCUT2D eigenvalue weighted by Gasteiger charge is 2.47. The van der Waals surface area contributed by atoms with Crippen LogP contribution in [0, 0.1) is 5.92 Å². The van der Waals surface area contributed by atoms with Gasteiger partial charge in [0.2, 0.25) is 11.8 Å². The Balaban J connectivity index is 1.55. The zero-order chi connectivity index (χ0) is 29.7. The number of nitrogens with zero attached hydrogens (tertiary/aromatic N) is 4. The standard InChI is InChI=1S/C25H34FN6O8P/c1-5-36-22-19-21(29-25(27)30-22)32(13-28-19)23-20(33)17(11-26)18(39-23)12-37-41(35,40-16-9-7-6-8-10-16)31-15(4)24(34)38-14(2)3/h6-10,13-15,17-18,20,23,33H,5,11-12H2,1-4H3,(H,31,35)(H2,27,29,30). The molecule has 1 aliphatic rings. The van der Waals surface area contributed by atoms with Gasteiger partial charge in [-0.3, -0.25) is 18.3 Å². The quantitative estimate of drug-likeness (QED) is 0.194. The van der Waals surface area contributed by atoms with E-state index in [2.05, 4.69) is 20.0 Å². The summed E-state index contributed by atoms with van der Waals surface area (Å²) in [5.74, 6) is -1.48. The third-order valence-corrected chi connectivity index (χ3v) is 7.74. The number of nitrogens with one attached hydrogen (secondary N) is 1. The number of imidazole rings is 1. The van der Waals surface area contributed by atoms with Gasteiger partial charge in [0, 0.05) is 5.92 Å². The van der Waals surface area contributed by atoms with Gasteiger partial charge in [0.15, 0.2) is 17.4 Å². The van der Waals surface area contributed by atoms with Crippen LogP contribution >= 0.6 is 7.75 Å². The zero-order valence-electron chi connectivity index (χ0n) is 23.0. The lowest BCUT2D eigenvalue weighted by molar-refractivity contribution is -0.149. The molecule has 6 atom stereocenters. The maximum absolute atomic E-state index is 14.2. The van der Waals surface area contributed by atoms with E-state index in [0.717, 1.165) is 0 Å². The minimum atomic E-state index is -4.25. The van der Waals surface area contributed by atoms with Gasteiger partial charge in [-0.15, -0.1) is 0 Å². The molecule has 1 aliphatic heterocycles. The summed E-state index contributed by atoms with van der Waals surface area (Å²) < 4.78 is 57.3. The van der Waals surface area contributed by atoms with Crippen LogP contribution in [-0.4, -0.2) is 74.8 Å². The summed E-state index contributed by atoms with van der Waals surface area (Å²) in [6, 6.07) is 7.11. The smallest absolute Gasteiger partial charge is 0.459 e. The predicted octanol–water partition coefficient (Wildman–Crippen LogP) is 2.78. The summed E-state index contributed by atoms with van der Waals surface area (Å²) in [6.45, 7) is 5.44. The van der Waals surface area contributed by atoms with Gasteiger partial charge in [-0.05, 0) is 39.8 Å². The molecule has 3 heterocycles. The zero-order valence-corrected chi connectivity index (χ0v) is 23.9. The van der Waals surface area contributed by atoms with Gasteiger partial charge in [-0.1, -0.05) is 18.2 Å². The summed E-state index contributed by atoms with van der Waals surface area (Å²) in [5.41, 5.74) is 6.32. The number of alkyl halides is 1. The molecule has 1 aromatic carbocycles. The molecule has 0 amide bonds. The van der Waals surface area contributed by atoms with E-state index in [-0.39, 0.29) is 28.7 Å². The highest BCUT2D eigenvalue weighted by molar-refractivity contribution is 7.52. The Morgan fingerprint density at radius 2 is 2.00 bits per heavy atom. The van der Waals surface area contributed by atoms with Crippen molar-refractivity contribution in [3.8, 4) is 11.6 Å². The third-order valence-electron chi connectivity index (χ3n) is 6.10. The molecule has 4 rings (SSSR count). The van der Waals surface area contributed by atoms with Crippen LogP contribution in [-0.2, 0) is 23.4 Å². The second kappa shape index (κ2) is 13.1. The number of rotatable bonds is 13. The fourth-order valence-electron chi connectivity index (χ4n) is 4.21. The maximum Gasteiger partial charge on any atom is 0.459 e. The average Bonchev–Trinajstić information content (AvgIpc) is 3.47. The van der Waals surface area contributed by atoms with Crippen molar-refractivity contribution in [2.45, 2.75) is 58.3 Å². The van der Waals surface area contributed by atoms with Crippen LogP contribution in [0.2, 0.25) is 0 Å². The molecule has 0 radical (unpaired) electrons. The third kappa shape index (κ3) is 7.11. The van der Waals surface area contributed by atoms with Gasteiger partial charge in [-0.2, -0.15) is 15.1 Å². The molecule has 2 aromatic heterocycles. The van der Waals surface area contributed by atoms with Crippen molar-refractivity contribution in [1.29, 1.82) is 0 Å². The first-order valence-corrected chi connectivity index (χ1v) is 14.6. The predicted molar refractivity (Wildman–Crippen MR) is 145 cm³/mol. The first-order chi connectivity index (χ1) is 19.5. The number of carbonyl (C=O) groups is 1. The number of anilines is 1. The highest BCUT2D eigenvalue weighted by atomic mass is 31.2. The molecule has 0 spiro atoms. The number of ether oxygens (including phenoxy) is 3. The number of para-hydroxylation sites is 1. The number of aromatic nitrogens is 4. The summed E-state index contributed by atoms with van der Waals surface area (Å²) >= 11 is 0. The Hall–Kier alpha value is -3.36. The minimum absolute atomic E-state index is 0.0905. The number of halogens is 1. The molecule has 14 nitrogen and oxygen atoms in total. The number of nitrogens with two attached hydrogens (primary N) is 1. The molecule has 3 aromatic rings. The van der Waals surface area contributed by atoms with Crippen molar-refractivity contribution in [2.24, 2.45) is 5.92 Å². The van der Waals surface area contributed by atoms with Crippen LogP contribution in [0.15, 0.2) is 36.7 Å². The van der Waals surface area contributed by atoms with E-state index in [1.54, 1.807) is 51.1 Å². The SMILES string of the molecule is CCOc1nc(N)nc2c1ncn2C1OC(COP(=O)(NC(C)C(=O)OC(C)C)Oc2ccccc2)C(CF)C1O. The van der Waals surface area contributed by atoms with E-state index in [9.17, 15) is 18.9 Å². The lowest BCUT2D eigenvalue weighted by Crippen LogP contribution is -2.37. The number of aliphatic hydroxyl groups is 1. The van der Waals surface area contributed by atoms with E-state index in [1.807, 2.05) is 0 Å². The van der Waals surface area contributed by atoms with Crippen molar-refractivity contribution in [2.75, 3.05) is 25.6 Å². The van der Waals surface area contributed by atoms with Crippen molar-refractivity contribution in [3.63, 3.8) is 0 Å². The second-order valence-electron chi connectivity index (χ2n) is 9.55. The Morgan fingerprint density at radius 1 is 1.27 bits per heavy atom. The van der Waals surface area contributed by atoms with Gasteiger partial charge < -0.3 is 29.6 Å². The average molecular weight is 597 g/mol. The van der Waals surface area contributed by atoms with Crippen molar-refractivity contribution in [3.05, 3.63) is 36.7 Å². The minimum Gasteiger partial charge on any atom is -0.476 e. The van der Waals surface area contributed by atoms with Crippen molar-refractivity contribution < 1.29 is 42.1 Å². The highest BCUT2D eigenvalue weighted by Crippen LogP contribution is 2.47. The number of hydrogen-bond donors (Lipinski definition) is 3. The summed E-state index contributed by atoms with van der Waals surface area (Å²) in [7, 11) is -4.25. The van der Waals surface area contributed by atoms with E-state index in [0.29, 0.717) is 6.61 Å². The van der Waals surface area contributed by atoms with E-state index in [4.69, 9.17) is 29.0 Å². The van der Waals surface area contributed by atoms with Gasteiger partial charge in [-0.25, -0.2) is 9.55 Å². The summed E-state index contributed by atoms with van der Waals surface area (Å²) in [6.07, 6.45) is -2.63.